The highest BCUT2D eigenvalue weighted by Gasteiger charge is 2.23. The molecule has 0 aliphatic carbocycles. The summed E-state index contributed by atoms with van der Waals surface area (Å²) in [4.78, 5) is 18.1. The van der Waals surface area contributed by atoms with Crippen LogP contribution in [0.1, 0.15) is 18.5 Å². The number of nitrogen functional groups attached to an aromatic ring is 1. The summed E-state index contributed by atoms with van der Waals surface area (Å²) in [6.07, 6.45) is 3.67. The molecule has 1 aromatic heterocycles. The fraction of sp³-hybridized carbons (Fsp3) is 0.571. The predicted molar refractivity (Wildman–Crippen MR) is 75.0 cm³/mol. The minimum Gasteiger partial charge on any atom is -0.397 e. The van der Waals surface area contributed by atoms with Crippen LogP contribution in [0.5, 0.6) is 0 Å². The molecule has 2 heterocycles. The van der Waals surface area contributed by atoms with Crippen LogP contribution >= 0.6 is 0 Å². The lowest BCUT2D eigenvalue weighted by atomic mass is 10.1. The van der Waals surface area contributed by atoms with Crippen molar-refractivity contribution in [1.82, 2.24) is 9.88 Å². The molecule has 3 N–H and O–H groups in total. The summed E-state index contributed by atoms with van der Waals surface area (Å²) in [5.41, 5.74) is 6.90. The van der Waals surface area contributed by atoms with Crippen molar-refractivity contribution in [2.45, 2.75) is 25.4 Å². The molecule has 1 saturated heterocycles. The molecule has 0 saturated carbocycles. The second-order valence-corrected chi connectivity index (χ2v) is 4.93. The molecule has 6 nitrogen and oxygen atoms in total. The maximum absolute atomic E-state index is 12.1. The van der Waals surface area contributed by atoms with Crippen LogP contribution in [0, 0.1) is 0 Å². The third-order valence-electron chi connectivity index (χ3n) is 3.42. The Morgan fingerprint density at radius 2 is 2.20 bits per heavy atom. The number of ether oxygens (including phenoxy) is 1. The zero-order valence-corrected chi connectivity index (χ0v) is 11.5. The van der Waals surface area contributed by atoms with E-state index in [4.69, 9.17) is 15.6 Å². The van der Waals surface area contributed by atoms with Gasteiger partial charge in [-0.1, -0.05) is 0 Å². The summed E-state index contributed by atoms with van der Waals surface area (Å²) in [6, 6.07) is 3.54. The number of anilines is 1. The van der Waals surface area contributed by atoms with E-state index in [2.05, 4.69) is 4.98 Å². The molecule has 0 unspecified atom stereocenters. The molecule has 110 valence electrons. The van der Waals surface area contributed by atoms with Gasteiger partial charge in [0.15, 0.2) is 0 Å². The van der Waals surface area contributed by atoms with Crippen LogP contribution in [0.4, 0.5) is 5.69 Å². The van der Waals surface area contributed by atoms with Crippen LogP contribution in [0.2, 0.25) is 0 Å². The monoisotopic (exact) mass is 279 g/mol. The van der Waals surface area contributed by atoms with Crippen molar-refractivity contribution < 1.29 is 14.6 Å². The third-order valence-corrected chi connectivity index (χ3v) is 3.42. The van der Waals surface area contributed by atoms with Crippen LogP contribution in [0.3, 0.4) is 0 Å². The molecule has 0 radical (unpaired) electrons. The van der Waals surface area contributed by atoms with Gasteiger partial charge in [0.1, 0.15) is 0 Å². The van der Waals surface area contributed by atoms with Crippen molar-refractivity contribution in [3.63, 3.8) is 0 Å². The quantitative estimate of drug-likeness (QED) is 0.804. The lowest BCUT2D eigenvalue weighted by Gasteiger charge is -2.31. The van der Waals surface area contributed by atoms with Crippen LogP contribution in [-0.2, 0) is 16.0 Å². The second-order valence-electron chi connectivity index (χ2n) is 4.93. The average molecular weight is 279 g/mol. The second kappa shape index (κ2) is 7.21. The SMILES string of the molecule is Nc1ccc(CC(=O)N2CCC(OCCO)CC2)nc1. The van der Waals surface area contributed by atoms with E-state index in [1.54, 1.807) is 18.3 Å². The van der Waals surface area contributed by atoms with Crippen LogP contribution in [0.25, 0.3) is 0 Å². The highest BCUT2D eigenvalue weighted by molar-refractivity contribution is 5.78. The number of amides is 1. The van der Waals surface area contributed by atoms with Gasteiger partial charge in [0, 0.05) is 18.8 Å². The maximum Gasteiger partial charge on any atom is 0.228 e. The summed E-state index contributed by atoms with van der Waals surface area (Å²) in [5, 5.41) is 8.72. The Morgan fingerprint density at radius 3 is 2.80 bits per heavy atom. The molecular formula is C14H21N3O3. The number of carbonyl (C=O) groups is 1. The first-order valence-electron chi connectivity index (χ1n) is 6.89. The summed E-state index contributed by atoms with van der Waals surface area (Å²) in [5.74, 6) is 0.0860. The number of aliphatic hydroxyl groups excluding tert-OH is 1. The predicted octanol–water partition coefficient (Wildman–Crippen LogP) is 0.206. The van der Waals surface area contributed by atoms with Crippen LogP contribution in [0.15, 0.2) is 18.3 Å². The smallest absolute Gasteiger partial charge is 0.228 e. The third kappa shape index (κ3) is 4.18. The van der Waals surface area contributed by atoms with Crippen LogP contribution in [-0.4, -0.2) is 53.3 Å². The van der Waals surface area contributed by atoms with E-state index in [0.717, 1.165) is 18.5 Å². The fourth-order valence-corrected chi connectivity index (χ4v) is 2.30. The Bertz CT molecular complexity index is 428. The maximum atomic E-state index is 12.1. The molecule has 0 aromatic carbocycles. The Balaban J connectivity index is 1.78. The summed E-state index contributed by atoms with van der Waals surface area (Å²) in [7, 11) is 0. The zero-order chi connectivity index (χ0) is 14.4. The first-order valence-corrected chi connectivity index (χ1v) is 6.89. The van der Waals surface area contributed by atoms with Crippen molar-refractivity contribution in [3.8, 4) is 0 Å². The standard InChI is InChI=1S/C14H21N3O3/c15-11-1-2-12(16-10-11)9-14(19)17-5-3-13(4-6-17)20-8-7-18/h1-2,10,13,18H,3-9,15H2. The fourth-order valence-electron chi connectivity index (χ4n) is 2.30. The number of rotatable bonds is 5. The van der Waals surface area contributed by atoms with Gasteiger partial charge >= 0.3 is 0 Å². The number of hydrogen-bond donors (Lipinski definition) is 2. The van der Waals surface area contributed by atoms with Crippen LogP contribution < -0.4 is 5.73 Å². The van der Waals surface area contributed by atoms with Gasteiger partial charge in [0.2, 0.25) is 5.91 Å². The van der Waals surface area contributed by atoms with E-state index in [1.807, 2.05) is 4.90 Å². The van der Waals surface area contributed by atoms with Gasteiger partial charge in [-0.05, 0) is 25.0 Å². The van der Waals surface area contributed by atoms with Gasteiger partial charge in [0.25, 0.3) is 0 Å². The molecule has 20 heavy (non-hydrogen) atoms. The zero-order valence-electron chi connectivity index (χ0n) is 11.5. The lowest BCUT2D eigenvalue weighted by molar-refractivity contribution is -0.133. The van der Waals surface area contributed by atoms with Gasteiger partial charge < -0.3 is 20.5 Å². The normalized spacial score (nSPS) is 16.4. The van der Waals surface area contributed by atoms with Gasteiger partial charge in [-0.3, -0.25) is 9.78 Å². The van der Waals surface area contributed by atoms with E-state index in [9.17, 15) is 4.79 Å². The Kier molecular flexibility index (Phi) is 5.31. The largest absolute Gasteiger partial charge is 0.397 e. The number of piperidine rings is 1. The number of hydrogen-bond acceptors (Lipinski definition) is 5. The van der Waals surface area contributed by atoms with Crippen molar-refractivity contribution in [2.24, 2.45) is 0 Å². The Morgan fingerprint density at radius 1 is 1.45 bits per heavy atom. The number of nitrogens with two attached hydrogens (primary N) is 1. The lowest BCUT2D eigenvalue weighted by Crippen LogP contribution is -2.41. The molecule has 1 aliphatic heterocycles. The molecule has 1 fully saturated rings. The molecule has 1 aliphatic rings. The van der Waals surface area contributed by atoms with Crippen molar-refractivity contribution in [1.29, 1.82) is 0 Å². The number of carbonyl (C=O) groups excluding carboxylic acids is 1. The highest BCUT2D eigenvalue weighted by atomic mass is 16.5. The molecule has 1 aromatic rings. The van der Waals surface area contributed by atoms with Gasteiger partial charge in [-0.15, -0.1) is 0 Å². The first kappa shape index (κ1) is 14.7. The Hall–Kier alpha value is -1.66. The van der Waals surface area contributed by atoms with Crippen molar-refractivity contribution in [2.75, 3.05) is 32.0 Å². The van der Waals surface area contributed by atoms with Gasteiger partial charge in [-0.2, -0.15) is 0 Å². The summed E-state index contributed by atoms with van der Waals surface area (Å²) < 4.78 is 5.48. The van der Waals surface area contributed by atoms with Crippen molar-refractivity contribution in [3.05, 3.63) is 24.0 Å². The highest BCUT2D eigenvalue weighted by Crippen LogP contribution is 2.15. The number of nitrogens with zero attached hydrogens (tertiary/aromatic N) is 2. The van der Waals surface area contributed by atoms with Gasteiger partial charge in [0.05, 0.1) is 37.6 Å². The Labute approximate surface area is 118 Å². The molecule has 0 bridgehead atoms. The number of pyridine rings is 1. The number of aromatic nitrogens is 1. The number of likely N-dealkylation sites (tertiary alicyclic amines) is 1. The van der Waals surface area contributed by atoms with Crippen molar-refractivity contribution >= 4 is 11.6 Å². The van der Waals surface area contributed by atoms with E-state index < -0.39 is 0 Å². The minimum absolute atomic E-state index is 0.0436. The van der Waals surface area contributed by atoms with E-state index >= 15 is 0 Å². The molecule has 6 heteroatoms. The molecule has 2 rings (SSSR count). The topological polar surface area (TPSA) is 88.7 Å². The van der Waals surface area contributed by atoms with E-state index in [1.165, 1.54) is 0 Å². The first-order chi connectivity index (χ1) is 9.69. The van der Waals surface area contributed by atoms with E-state index in [-0.39, 0.29) is 18.6 Å². The molecule has 0 atom stereocenters. The molecular weight excluding hydrogens is 258 g/mol. The average Bonchev–Trinajstić information content (AvgIpc) is 2.48. The van der Waals surface area contributed by atoms with Gasteiger partial charge in [-0.25, -0.2) is 0 Å². The molecule has 1 amide bonds. The minimum atomic E-state index is 0.0436. The molecule has 0 spiro atoms. The summed E-state index contributed by atoms with van der Waals surface area (Å²) in [6.45, 7) is 1.81. The van der Waals surface area contributed by atoms with E-state index in [0.29, 0.717) is 31.8 Å². The number of aliphatic hydroxyl groups is 1. The summed E-state index contributed by atoms with van der Waals surface area (Å²) >= 11 is 0.